The van der Waals surface area contributed by atoms with Gasteiger partial charge in [0.15, 0.2) is 6.10 Å². The first-order valence-electron chi connectivity index (χ1n) is 10.1. The van der Waals surface area contributed by atoms with Crippen LogP contribution < -0.4 is 15.4 Å². The Morgan fingerprint density at radius 2 is 2.03 bits per heavy atom. The van der Waals surface area contributed by atoms with Crippen LogP contribution in [0, 0.1) is 5.92 Å². The van der Waals surface area contributed by atoms with Crippen molar-refractivity contribution in [2.45, 2.75) is 51.2 Å². The normalized spacial score (nSPS) is 24.4. The number of nitrogens with one attached hydrogen (secondary N) is 2. The summed E-state index contributed by atoms with van der Waals surface area (Å²) in [6.07, 6.45) is 2.12. The predicted molar refractivity (Wildman–Crippen MR) is 108 cm³/mol. The van der Waals surface area contributed by atoms with Gasteiger partial charge < -0.3 is 20.1 Å². The zero-order valence-corrected chi connectivity index (χ0v) is 17.4. The van der Waals surface area contributed by atoms with Crippen molar-refractivity contribution in [1.29, 1.82) is 0 Å². The molecular weight excluding hydrogens is 390 g/mol. The molecule has 1 saturated heterocycles. The third-order valence-corrected chi connectivity index (χ3v) is 5.83. The number of carbonyl (C=O) groups excluding carboxylic acids is 4. The summed E-state index contributed by atoms with van der Waals surface area (Å²) in [5.74, 6) is -1.32. The van der Waals surface area contributed by atoms with Gasteiger partial charge in [-0.05, 0) is 37.8 Å². The Morgan fingerprint density at radius 1 is 1.30 bits per heavy atom. The van der Waals surface area contributed by atoms with Gasteiger partial charge in [0.05, 0.1) is 12.8 Å². The first-order chi connectivity index (χ1) is 14.3. The van der Waals surface area contributed by atoms with Gasteiger partial charge in [0.1, 0.15) is 17.8 Å². The quantitative estimate of drug-likeness (QED) is 0.541. The molecule has 0 bridgehead atoms. The highest BCUT2D eigenvalue weighted by Crippen LogP contribution is 2.38. The Morgan fingerprint density at radius 3 is 2.73 bits per heavy atom. The van der Waals surface area contributed by atoms with Crippen molar-refractivity contribution in [2.24, 2.45) is 5.92 Å². The molecule has 1 spiro atoms. The molecule has 3 atom stereocenters. The molecule has 1 aliphatic heterocycles. The zero-order valence-electron chi connectivity index (χ0n) is 17.4. The van der Waals surface area contributed by atoms with Gasteiger partial charge in [-0.1, -0.05) is 31.9 Å². The molecule has 1 heterocycles. The van der Waals surface area contributed by atoms with Crippen molar-refractivity contribution in [3.63, 3.8) is 0 Å². The number of rotatable bonds is 6. The maximum Gasteiger partial charge on any atom is 0.327 e. The maximum atomic E-state index is 12.9. The Kier molecular flexibility index (Phi) is 6.28. The molecule has 2 N–H and O–H groups in total. The highest BCUT2D eigenvalue weighted by Gasteiger charge is 2.55. The van der Waals surface area contributed by atoms with Gasteiger partial charge in [-0.15, -0.1) is 0 Å². The van der Waals surface area contributed by atoms with Crippen LogP contribution in [0.4, 0.5) is 10.5 Å². The summed E-state index contributed by atoms with van der Waals surface area (Å²) >= 11 is 0. The SMILES string of the molecule is COc1ccccc1NC(=O)[C@H](C)OC(=O)CN1C(=O)N[C@]2(CCCC[C@H]2C)C1=O. The second-order valence-electron chi connectivity index (χ2n) is 7.76. The first-order valence-corrected chi connectivity index (χ1v) is 10.1. The minimum Gasteiger partial charge on any atom is -0.495 e. The van der Waals surface area contributed by atoms with Crippen LogP contribution in [0.5, 0.6) is 5.75 Å². The number of amides is 4. The van der Waals surface area contributed by atoms with Crippen LogP contribution >= 0.6 is 0 Å². The number of ether oxygens (including phenoxy) is 2. The second kappa shape index (κ2) is 8.73. The van der Waals surface area contributed by atoms with E-state index in [1.807, 2.05) is 6.92 Å². The lowest BCUT2D eigenvalue weighted by atomic mass is 9.73. The van der Waals surface area contributed by atoms with Gasteiger partial charge in [-0.3, -0.25) is 19.3 Å². The standard InChI is InChI=1S/C21H27N3O6/c1-13-8-6-7-11-21(13)19(27)24(20(28)23-21)12-17(25)30-14(2)18(26)22-15-9-4-5-10-16(15)29-3/h4-5,9-10,13-14H,6-8,11-12H2,1-3H3,(H,22,26)(H,23,28)/t13-,14+,21+/m1/s1. The molecule has 0 unspecified atom stereocenters. The molecule has 9 heteroatoms. The van der Waals surface area contributed by atoms with Gasteiger partial charge >= 0.3 is 12.0 Å². The van der Waals surface area contributed by atoms with Crippen LogP contribution in [0.15, 0.2) is 24.3 Å². The lowest BCUT2D eigenvalue weighted by Crippen LogP contribution is -2.54. The Balaban J connectivity index is 1.59. The maximum absolute atomic E-state index is 12.9. The number of imide groups is 1. The van der Waals surface area contributed by atoms with E-state index in [0.29, 0.717) is 17.9 Å². The number of benzene rings is 1. The smallest absolute Gasteiger partial charge is 0.327 e. The molecule has 3 rings (SSSR count). The first kappa shape index (κ1) is 21.6. The average Bonchev–Trinajstić information content (AvgIpc) is 2.95. The van der Waals surface area contributed by atoms with Crippen molar-refractivity contribution in [3.8, 4) is 5.75 Å². The van der Waals surface area contributed by atoms with Crippen LogP contribution in [0.3, 0.4) is 0 Å². The molecule has 0 radical (unpaired) electrons. The summed E-state index contributed by atoms with van der Waals surface area (Å²) < 4.78 is 10.3. The summed E-state index contributed by atoms with van der Waals surface area (Å²) in [6.45, 7) is 2.81. The summed E-state index contributed by atoms with van der Waals surface area (Å²) in [5.41, 5.74) is -0.502. The van der Waals surface area contributed by atoms with Crippen LogP contribution in [0.25, 0.3) is 0 Å². The van der Waals surface area contributed by atoms with Crippen LogP contribution in [0.2, 0.25) is 0 Å². The van der Waals surface area contributed by atoms with E-state index in [1.165, 1.54) is 14.0 Å². The molecule has 0 aromatic heterocycles. The van der Waals surface area contributed by atoms with Gasteiger partial charge in [0.25, 0.3) is 11.8 Å². The number of hydrogen-bond donors (Lipinski definition) is 2. The topological polar surface area (TPSA) is 114 Å². The third kappa shape index (κ3) is 4.10. The van der Waals surface area contributed by atoms with Crippen molar-refractivity contribution < 1.29 is 28.7 Å². The van der Waals surface area contributed by atoms with Crippen molar-refractivity contribution in [3.05, 3.63) is 24.3 Å². The van der Waals surface area contributed by atoms with Gasteiger partial charge in [-0.2, -0.15) is 0 Å². The highest BCUT2D eigenvalue weighted by atomic mass is 16.5. The predicted octanol–water partition coefficient (Wildman–Crippen LogP) is 2.07. The van der Waals surface area contributed by atoms with Crippen molar-refractivity contribution in [1.82, 2.24) is 10.2 Å². The molecule has 4 amide bonds. The number of anilines is 1. The van der Waals surface area contributed by atoms with E-state index in [9.17, 15) is 19.2 Å². The van der Waals surface area contributed by atoms with Gasteiger partial charge in [0.2, 0.25) is 0 Å². The molecule has 1 saturated carbocycles. The molecule has 1 aromatic carbocycles. The molecule has 2 fully saturated rings. The highest BCUT2D eigenvalue weighted by molar-refractivity contribution is 6.09. The molecule has 2 aliphatic rings. The van der Waals surface area contributed by atoms with E-state index in [4.69, 9.17) is 9.47 Å². The van der Waals surface area contributed by atoms with E-state index in [1.54, 1.807) is 24.3 Å². The van der Waals surface area contributed by atoms with Gasteiger partial charge in [-0.25, -0.2) is 4.79 Å². The summed E-state index contributed by atoms with van der Waals surface area (Å²) in [6, 6.07) is 6.23. The Bertz CT molecular complexity index is 857. The number of hydrogen-bond acceptors (Lipinski definition) is 6. The average molecular weight is 417 g/mol. The molecular formula is C21H27N3O6. The van der Waals surface area contributed by atoms with Crippen molar-refractivity contribution >= 4 is 29.5 Å². The van der Waals surface area contributed by atoms with Gasteiger partial charge in [0, 0.05) is 0 Å². The Hall–Kier alpha value is -3.10. The van der Waals surface area contributed by atoms with Crippen LogP contribution in [0.1, 0.15) is 39.5 Å². The van der Waals surface area contributed by atoms with E-state index in [2.05, 4.69) is 10.6 Å². The molecule has 9 nitrogen and oxygen atoms in total. The summed E-state index contributed by atoms with van der Waals surface area (Å²) in [5, 5.41) is 5.41. The molecule has 1 aromatic rings. The van der Waals surface area contributed by atoms with E-state index < -0.39 is 42.0 Å². The number of carbonyl (C=O) groups is 4. The third-order valence-electron chi connectivity index (χ3n) is 5.83. The van der Waals surface area contributed by atoms with Crippen LogP contribution in [-0.2, 0) is 19.1 Å². The summed E-state index contributed by atoms with van der Waals surface area (Å²) in [4.78, 5) is 50.9. The van der Waals surface area contributed by atoms with E-state index in [0.717, 1.165) is 24.2 Å². The number of para-hydroxylation sites is 2. The number of esters is 1. The van der Waals surface area contributed by atoms with E-state index in [-0.39, 0.29) is 5.92 Å². The van der Waals surface area contributed by atoms with Crippen molar-refractivity contribution in [2.75, 3.05) is 19.0 Å². The minimum absolute atomic E-state index is 0.00530. The fourth-order valence-electron chi connectivity index (χ4n) is 4.04. The number of nitrogens with zero attached hydrogens (tertiary/aromatic N) is 1. The van der Waals surface area contributed by atoms with E-state index >= 15 is 0 Å². The molecule has 1 aliphatic carbocycles. The Labute approximate surface area is 175 Å². The lowest BCUT2D eigenvalue weighted by molar-refractivity contribution is -0.155. The molecule has 162 valence electrons. The monoisotopic (exact) mass is 417 g/mol. The molecule has 30 heavy (non-hydrogen) atoms. The summed E-state index contributed by atoms with van der Waals surface area (Å²) in [7, 11) is 1.48. The lowest BCUT2D eigenvalue weighted by Gasteiger charge is -2.36. The number of urea groups is 1. The number of methoxy groups -OCH3 is 1. The minimum atomic E-state index is -1.12. The fourth-order valence-corrected chi connectivity index (χ4v) is 4.04. The fraction of sp³-hybridized carbons (Fsp3) is 0.524. The largest absolute Gasteiger partial charge is 0.495 e. The zero-order chi connectivity index (χ0) is 21.9. The van der Waals surface area contributed by atoms with Crippen LogP contribution in [-0.4, -0.2) is 54.0 Å². The second-order valence-corrected chi connectivity index (χ2v) is 7.76.